The average molecular weight is 255 g/mol. The minimum Gasteiger partial charge on any atom is -0.317 e. The quantitative estimate of drug-likeness (QED) is 0.327. The lowest BCUT2D eigenvalue weighted by atomic mass is 10.0. The Hall–Kier alpha value is -2.66. The Bertz CT molecular complexity index is 597. The summed E-state index contributed by atoms with van der Waals surface area (Å²) in [5.41, 5.74) is 4.14. The highest BCUT2D eigenvalue weighted by Gasteiger charge is 2.14. The van der Waals surface area contributed by atoms with Crippen molar-refractivity contribution in [2.45, 2.75) is 0 Å². The summed E-state index contributed by atoms with van der Waals surface area (Å²) in [7, 11) is 0. The number of amides is 2. The molecule has 0 aliphatic carbocycles. The van der Waals surface area contributed by atoms with Gasteiger partial charge in [0.1, 0.15) is 0 Å². The number of hydrogen-bond acceptors (Lipinski definition) is 3. The lowest BCUT2D eigenvalue weighted by molar-refractivity contribution is -0.136. The molecule has 0 fully saturated rings. The molecule has 2 rings (SSSR count). The molecule has 96 valence electrons. The Kier molecular flexibility index (Phi) is 3.90. The summed E-state index contributed by atoms with van der Waals surface area (Å²) < 4.78 is 0. The van der Waals surface area contributed by atoms with E-state index in [0.717, 1.165) is 11.1 Å². The molecule has 2 aromatic carbocycles. The zero-order valence-corrected chi connectivity index (χ0v) is 10.1. The van der Waals surface area contributed by atoms with Crippen LogP contribution >= 0.6 is 0 Å². The zero-order chi connectivity index (χ0) is 13.7. The molecule has 0 heterocycles. The van der Waals surface area contributed by atoms with Crippen molar-refractivity contribution in [2.24, 2.45) is 5.84 Å². The summed E-state index contributed by atoms with van der Waals surface area (Å²) in [5, 5.41) is 2.53. The molecule has 4 N–H and O–H groups in total. The standard InChI is InChI=1S/C14H13N3O2/c15-17-14(19)13(18)16-12-9-5-4-8-11(12)10-6-2-1-3-7-10/h1-9H,15H2,(H,16,18)(H,17,19). The maximum Gasteiger partial charge on any atom is 0.323 e. The molecule has 19 heavy (non-hydrogen) atoms. The molecule has 2 aromatic rings. The molecule has 0 spiro atoms. The first-order valence-corrected chi connectivity index (χ1v) is 5.68. The Morgan fingerprint density at radius 2 is 1.47 bits per heavy atom. The molecular weight excluding hydrogens is 242 g/mol. The van der Waals surface area contributed by atoms with E-state index in [1.54, 1.807) is 17.6 Å². The first kappa shape index (κ1) is 12.8. The van der Waals surface area contributed by atoms with Gasteiger partial charge in [-0.3, -0.25) is 15.0 Å². The Morgan fingerprint density at radius 3 is 2.16 bits per heavy atom. The van der Waals surface area contributed by atoms with Crippen LogP contribution in [0.25, 0.3) is 11.1 Å². The zero-order valence-electron chi connectivity index (χ0n) is 10.1. The van der Waals surface area contributed by atoms with E-state index in [0.29, 0.717) is 5.69 Å². The molecule has 0 aliphatic heterocycles. The van der Waals surface area contributed by atoms with Crippen molar-refractivity contribution in [3.8, 4) is 11.1 Å². The molecule has 0 bridgehead atoms. The number of nitrogens with two attached hydrogens (primary N) is 1. The van der Waals surface area contributed by atoms with Crippen molar-refractivity contribution < 1.29 is 9.59 Å². The second kappa shape index (κ2) is 5.79. The predicted octanol–water partition coefficient (Wildman–Crippen LogP) is 1.28. The molecule has 5 heteroatoms. The number of anilines is 1. The fraction of sp³-hybridized carbons (Fsp3) is 0. The first-order valence-electron chi connectivity index (χ1n) is 5.68. The van der Waals surface area contributed by atoms with Crippen LogP contribution in [0.15, 0.2) is 54.6 Å². The van der Waals surface area contributed by atoms with E-state index in [4.69, 9.17) is 5.84 Å². The number of nitrogens with one attached hydrogen (secondary N) is 2. The van der Waals surface area contributed by atoms with Crippen LogP contribution in [0.2, 0.25) is 0 Å². The monoisotopic (exact) mass is 255 g/mol. The molecular formula is C14H13N3O2. The van der Waals surface area contributed by atoms with Crippen LogP contribution in [0.4, 0.5) is 5.69 Å². The summed E-state index contributed by atoms with van der Waals surface area (Å²) in [5.74, 6) is 3.23. The van der Waals surface area contributed by atoms with Crippen LogP contribution in [0, 0.1) is 0 Å². The SMILES string of the molecule is NNC(=O)C(=O)Nc1ccccc1-c1ccccc1. The number of hydrogen-bond donors (Lipinski definition) is 3. The lowest BCUT2D eigenvalue weighted by Crippen LogP contribution is -2.39. The normalized spacial score (nSPS) is 9.74. The van der Waals surface area contributed by atoms with Crippen molar-refractivity contribution in [3.63, 3.8) is 0 Å². The number of para-hydroxylation sites is 1. The fourth-order valence-corrected chi connectivity index (χ4v) is 1.71. The summed E-state index contributed by atoms with van der Waals surface area (Å²) in [6.45, 7) is 0. The van der Waals surface area contributed by atoms with Gasteiger partial charge in [-0.2, -0.15) is 0 Å². The van der Waals surface area contributed by atoms with Gasteiger partial charge in [0.05, 0.1) is 0 Å². The summed E-state index contributed by atoms with van der Waals surface area (Å²) in [4.78, 5) is 22.6. The molecule has 0 radical (unpaired) electrons. The van der Waals surface area contributed by atoms with Crippen molar-refractivity contribution in [2.75, 3.05) is 5.32 Å². The highest BCUT2D eigenvalue weighted by atomic mass is 16.2. The number of carbonyl (C=O) groups is 2. The van der Waals surface area contributed by atoms with E-state index in [9.17, 15) is 9.59 Å². The molecule has 0 aromatic heterocycles. The second-order valence-electron chi connectivity index (χ2n) is 3.84. The predicted molar refractivity (Wildman–Crippen MR) is 72.8 cm³/mol. The van der Waals surface area contributed by atoms with Crippen LogP contribution in [0.3, 0.4) is 0 Å². The van der Waals surface area contributed by atoms with Gasteiger partial charge >= 0.3 is 11.8 Å². The van der Waals surface area contributed by atoms with E-state index in [1.165, 1.54) is 0 Å². The molecule has 0 aliphatic rings. The first-order chi connectivity index (χ1) is 9.22. The highest BCUT2D eigenvalue weighted by molar-refractivity contribution is 6.39. The van der Waals surface area contributed by atoms with E-state index < -0.39 is 11.8 Å². The van der Waals surface area contributed by atoms with Crippen LogP contribution in [-0.2, 0) is 9.59 Å². The van der Waals surface area contributed by atoms with Gasteiger partial charge in [0.2, 0.25) is 0 Å². The maximum absolute atomic E-state index is 11.5. The van der Waals surface area contributed by atoms with Gasteiger partial charge in [0, 0.05) is 11.3 Å². The number of benzene rings is 2. The third-order valence-electron chi connectivity index (χ3n) is 2.60. The van der Waals surface area contributed by atoms with E-state index >= 15 is 0 Å². The van der Waals surface area contributed by atoms with Crippen LogP contribution in [0.5, 0.6) is 0 Å². The van der Waals surface area contributed by atoms with Crippen LogP contribution in [0.1, 0.15) is 0 Å². The van der Waals surface area contributed by atoms with E-state index in [-0.39, 0.29) is 0 Å². The van der Waals surface area contributed by atoms with Crippen molar-refractivity contribution in [3.05, 3.63) is 54.6 Å². The number of hydrazine groups is 1. The van der Waals surface area contributed by atoms with Crippen molar-refractivity contribution in [1.29, 1.82) is 0 Å². The van der Waals surface area contributed by atoms with Crippen LogP contribution < -0.4 is 16.6 Å². The van der Waals surface area contributed by atoms with Crippen molar-refractivity contribution >= 4 is 17.5 Å². The maximum atomic E-state index is 11.5. The number of rotatable bonds is 2. The molecule has 0 unspecified atom stereocenters. The van der Waals surface area contributed by atoms with Gasteiger partial charge in [-0.15, -0.1) is 0 Å². The topological polar surface area (TPSA) is 84.2 Å². The number of carbonyl (C=O) groups excluding carboxylic acids is 2. The second-order valence-corrected chi connectivity index (χ2v) is 3.84. The van der Waals surface area contributed by atoms with Gasteiger partial charge < -0.3 is 5.32 Å². The average Bonchev–Trinajstić information content (AvgIpc) is 2.47. The van der Waals surface area contributed by atoms with Gasteiger partial charge in [-0.25, -0.2) is 5.84 Å². The van der Waals surface area contributed by atoms with Gasteiger partial charge in [0.15, 0.2) is 0 Å². The molecule has 0 saturated carbocycles. The smallest absolute Gasteiger partial charge is 0.317 e. The summed E-state index contributed by atoms with van der Waals surface area (Å²) in [6.07, 6.45) is 0. The molecule has 0 atom stereocenters. The third-order valence-corrected chi connectivity index (χ3v) is 2.60. The van der Waals surface area contributed by atoms with Crippen LogP contribution in [-0.4, -0.2) is 11.8 Å². The van der Waals surface area contributed by atoms with E-state index in [1.807, 2.05) is 42.5 Å². The largest absolute Gasteiger partial charge is 0.323 e. The fourth-order valence-electron chi connectivity index (χ4n) is 1.71. The van der Waals surface area contributed by atoms with Gasteiger partial charge in [-0.05, 0) is 11.6 Å². The highest BCUT2D eigenvalue weighted by Crippen LogP contribution is 2.27. The van der Waals surface area contributed by atoms with Crippen molar-refractivity contribution in [1.82, 2.24) is 5.43 Å². The Morgan fingerprint density at radius 1 is 0.842 bits per heavy atom. The Balaban J connectivity index is 2.32. The molecule has 2 amide bonds. The minimum absolute atomic E-state index is 0.558. The molecule has 0 saturated heterocycles. The van der Waals surface area contributed by atoms with Gasteiger partial charge in [-0.1, -0.05) is 48.5 Å². The van der Waals surface area contributed by atoms with E-state index in [2.05, 4.69) is 5.32 Å². The lowest BCUT2D eigenvalue weighted by Gasteiger charge is -2.10. The molecule has 5 nitrogen and oxygen atoms in total. The minimum atomic E-state index is -0.886. The van der Waals surface area contributed by atoms with Gasteiger partial charge in [0.25, 0.3) is 0 Å². The Labute approximate surface area is 110 Å². The summed E-state index contributed by atoms with van der Waals surface area (Å²) >= 11 is 0. The third kappa shape index (κ3) is 2.97. The summed E-state index contributed by atoms with van der Waals surface area (Å²) in [6, 6.07) is 16.8.